The number of aliphatic carboxylic acids is 1. The number of hydrogen-bond donors (Lipinski definition) is 2. The molecule has 0 aromatic heterocycles. The molecule has 0 radical (unpaired) electrons. The number of ether oxygens (including phenoxy) is 1. The molecule has 4 bridgehead atoms. The van der Waals surface area contributed by atoms with Crippen molar-refractivity contribution in [1.82, 2.24) is 5.32 Å². The van der Waals surface area contributed by atoms with Crippen molar-refractivity contribution < 1.29 is 19.4 Å². The highest BCUT2D eigenvalue weighted by atomic mass is 16.5. The summed E-state index contributed by atoms with van der Waals surface area (Å²) in [4.78, 5) is 25.3. The van der Waals surface area contributed by atoms with Crippen LogP contribution in [0, 0.1) is 23.7 Å². The molecule has 3 aromatic rings. The second-order valence-corrected chi connectivity index (χ2v) is 13.2. The molecule has 1 atom stereocenters. The molecule has 0 heterocycles. The molecule has 4 saturated carbocycles. The number of benzene rings is 3. The Hall–Kier alpha value is -3.60. The summed E-state index contributed by atoms with van der Waals surface area (Å²) in [5.74, 6) is 1.95. The third-order valence-electron chi connectivity index (χ3n) is 9.98. The molecule has 42 heavy (non-hydrogen) atoms. The molecule has 5 nitrogen and oxygen atoms in total. The summed E-state index contributed by atoms with van der Waals surface area (Å²) in [7, 11) is 0. The molecule has 220 valence electrons. The van der Waals surface area contributed by atoms with E-state index < -0.39 is 11.9 Å². The van der Waals surface area contributed by atoms with E-state index in [-0.39, 0.29) is 5.91 Å². The van der Waals surface area contributed by atoms with Crippen molar-refractivity contribution in [2.45, 2.75) is 76.7 Å². The van der Waals surface area contributed by atoms with E-state index >= 15 is 0 Å². The van der Waals surface area contributed by atoms with Crippen LogP contribution in [0.5, 0.6) is 5.75 Å². The number of carbonyl (C=O) groups excluding carboxylic acids is 1. The van der Waals surface area contributed by atoms with Crippen LogP contribution < -0.4 is 10.1 Å². The number of nitrogens with one attached hydrogen (secondary N) is 1. The van der Waals surface area contributed by atoms with Gasteiger partial charge in [-0.25, -0.2) is 0 Å². The fourth-order valence-corrected chi connectivity index (χ4v) is 8.40. The highest BCUT2D eigenvalue weighted by Gasteiger charge is 2.51. The number of carbonyl (C=O) groups is 2. The lowest BCUT2D eigenvalue weighted by Crippen LogP contribution is -2.48. The van der Waals surface area contributed by atoms with Crippen molar-refractivity contribution in [1.29, 1.82) is 0 Å². The standard InChI is InChI=1S/C37H43NO4/c1-2-14-42-34-13-8-26(19-31(36(40)41)18-25-6-4-3-5-7-25)20-32(34)24-38-35(39)30-9-11-33(12-10-30)37-21-27-15-28(22-37)17-29(16-27)23-37/h3-13,20,27-29,31H,2,14-19,21-24H2,1H3,(H,38,39)(H,40,41). The van der Waals surface area contributed by atoms with Crippen molar-refractivity contribution in [3.63, 3.8) is 0 Å². The predicted molar refractivity (Wildman–Crippen MR) is 165 cm³/mol. The largest absolute Gasteiger partial charge is 0.493 e. The normalized spacial score (nSPS) is 24.7. The highest BCUT2D eigenvalue weighted by molar-refractivity contribution is 5.94. The van der Waals surface area contributed by atoms with Gasteiger partial charge in [0.1, 0.15) is 5.75 Å². The number of amides is 1. The van der Waals surface area contributed by atoms with Crippen LogP contribution in [-0.4, -0.2) is 23.6 Å². The Morgan fingerprint density at radius 3 is 2.14 bits per heavy atom. The van der Waals surface area contributed by atoms with Crippen LogP contribution in [0.25, 0.3) is 0 Å². The van der Waals surface area contributed by atoms with E-state index in [1.165, 1.54) is 44.1 Å². The van der Waals surface area contributed by atoms with Gasteiger partial charge in [-0.3, -0.25) is 9.59 Å². The summed E-state index contributed by atoms with van der Waals surface area (Å²) in [6.45, 7) is 2.96. The maximum absolute atomic E-state index is 13.2. The summed E-state index contributed by atoms with van der Waals surface area (Å²) in [5, 5.41) is 13.0. The van der Waals surface area contributed by atoms with E-state index in [4.69, 9.17) is 4.74 Å². The van der Waals surface area contributed by atoms with Crippen molar-refractivity contribution in [2.75, 3.05) is 6.61 Å². The zero-order valence-electron chi connectivity index (χ0n) is 24.7. The van der Waals surface area contributed by atoms with Crippen molar-refractivity contribution >= 4 is 11.9 Å². The van der Waals surface area contributed by atoms with Crippen molar-refractivity contribution in [3.05, 3.63) is 101 Å². The molecule has 0 spiro atoms. The third-order valence-corrected chi connectivity index (χ3v) is 9.98. The van der Waals surface area contributed by atoms with Crippen LogP contribution in [0.2, 0.25) is 0 Å². The third kappa shape index (κ3) is 6.25. The Bertz CT molecular complexity index is 1360. The number of carboxylic acid groups (broad SMARTS) is 1. The van der Waals surface area contributed by atoms with E-state index in [1.807, 2.05) is 60.7 Å². The van der Waals surface area contributed by atoms with E-state index in [0.717, 1.165) is 46.6 Å². The zero-order valence-corrected chi connectivity index (χ0v) is 24.7. The van der Waals surface area contributed by atoms with Crippen LogP contribution in [0.15, 0.2) is 72.8 Å². The molecular weight excluding hydrogens is 522 g/mol. The molecule has 4 fully saturated rings. The molecule has 1 amide bonds. The maximum Gasteiger partial charge on any atom is 0.307 e. The molecular formula is C37H43NO4. The second kappa shape index (κ2) is 12.3. The number of hydrogen-bond acceptors (Lipinski definition) is 3. The first-order valence-electron chi connectivity index (χ1n) is 15.8. The summed E-state index contributed by atoms with van der Waals surface area (Å²) >= 11 is 0. The Balaban J connectivity index is 1.13. The summed E-state index contributed by atoms with van der Waals surface area (Å²) in [6, 6.07) is 24.0. The molecule has 0 aliphatic heterocycles. The Morgan fingerprint density at radius 2 is 1.52 bits per heavy atom. The van der Waals surface area contributed by atoms with Crippen LogP contribution >= 0.6 is 0 Å². The van der Waals surface area contributed by atoms with Crippen molar-refractivity contribution in [3.8, 4) is 5.75 Å². The first-order valence-corrected chi connectivity index (χ1v) is 15.8. The Labute approximate surface area is 249 Å². The SMILES string of the molecule is CCCOc1ccc(CC(Cc2ccccc2)C(=O)O)cc1CNC(=O)c1ccc(C23CC4CC(CC(C4)C2)C3)cc1. The van der Waals surface area contributed by atoms with Gasteiger partial charge in [-0.15, -0.1) is 0 Å². The van der Waals surface area contributed by atoms with Gasteiger partial charge < -0.3 is 15.2 Å². The van der Waals surface area contributed by atoms with E-state index in [9.17, 15) is 14.7 Å². The highest BCUT2D eigenvalue weighted by Crippen LogP contribution is 2.60. The first kappa shape index (κ1) is 28.5. The number of carboxylic acids is 1. The van der Waals surface area contributed by atoms with Gasteiger partial charge in [-0.1, -0.05) is 61.5 Å². The second-order valence-electron chi connectivity index (χ2n) is 13.2. The monoisotopic (exact) mass is 565 g/mol. The van der Waals surface area contributed by atoms with Gasteiger partial charge in [0.15, 0.2) is 0 Å². The average molecular weight is 566 g/mol. The minimum atomic E-state index is -0.808. The van der Waals surface area contributed by atoms with Gasteiger partial charge >= 0.3 is 5.97 Å². The van der Waals surface area contributed by atoms with Gasteiger partial charge in [-0.2, -0.15) is 0 Å². The van der Waals surface area contributed by atoms with Gasteiger partial charge in [0.05, 0.1) is 12.5 Å². The topological polar surface area (TPSA) is 75.6 Å². The molecule has 5 heteroatoms. The van der Waals surface area contributed by atoms with Gasteiger partial charge in [0, 0.05) is 17.7 Å². The van der Waals surface area contributed by atoms with Gasteiger partial charge in [0.2, 0.25) is 0 Å². The van der Waals surface area contributed by atoms with Gasteiger partial charge in [0.25, 0.3) is 5.91 Å². The Morgan fingerprint density at radius 1 is 0.881 bits per heavy atom. The van der Waals surface area contributed by atoms with E-state index in [2.05, 4.69) is 24.4 Å². The first-order chi connectivity index (χ1) is 20.4. The fourth-order valence-electron chi connectivity index (χ4n) is 8.40. The van der Waals surface area contributed by atoms with Crippen LogP contribution in [0.1, 0.15) is 84.5 Å². The summed E-state index contributed by atoms with van der Waals surface area (Å²) < 4.78 is 5.99. The molecule has 3 aromatic carbocycles. The lowest BCUT2D eigenvalue weighted by molar-refractivity contribution is -0.141. The molecule has 4 aliphatic carbocycles. The molecule has 2 N–H and O–H groups in total. The lowest BCUT2D eigenvalue weighted by atomic mass is 9.48. The smallest absolute Gasteiger partial charge is 0.307 e. The van der Waals surface area contributed by atoms with Crippen LogP contribution in [0.3, 0.4) is 0 Å². The van der Waals surface area contributed by atoms with E-state index in [0.29, 0.717) is 37.0 Å². The zero-order chi connectivity index (χ0) is 29.1. The van der Waals surface area contributed by atoms with Gasteiger partial charge in [-0.05, 0) is 116 Å². The summed E-state index contributed by atoms with van der Waals surface area (Å²) in [6.07, 6.45) is 9.97. The minimum absolute atomic E-state index is 0.105. The maximum atomic E-state index is 13.2. The molecule has 0 saturated heterocycles. The molecule has 1 unspecified atom stereocenters. The average Bonchev–Trinajstić information content (AvgIpc) is 2.99. The number of rotatable bonds is 12. The summed E-state index contributed by atoms with van der Waals surface area (Å²) in [5.41, 5.74) is 5.21. The quantitative estimate of drug-likeness (QED) is 0.241. The lowest BCUT2D eigenvalue weighted by Gasteiger charge is -2.57. The van der Waals surface area contributed by atoms with Crippen LogP contribution in [0.4, 0.5) is 0 Å². The molecule has 4 aliphatic rings. The minimum Gasteiger partial charge on any atom is -0.493 e. The molecule has 7 rings (SSSR count). The Kier molecular flexibility index (Phi) is 8.37. The van der Waals surface area contributed by atoms with Crippen LogP contribution in [-0.2, 0) is 29.6 Å². The van der Waals surface area contributed by atoms with E-state index in [1.54, 1.807) is 0 Å². The van der Waals surface area contributed by atoms with Crippen molar-refractivity contribution in [2.24, 2.45) is 23.7 Å². The predicted octanol–water partition coefficient (Wildman–Crippen LogP) is 7.36. The fraction of sp³-hybridized carbons (Fsp3) is 0.459.